The van der Waals surface area contributed by atoms with Gasteiger partial charge < -0.3 is 5.73 Å². The van der Waals surface area contributed by atoms with E-state index in [1.807, 2.05) is 0 Å². The monoisotopic (exact) mass is 246 g/mol. The predicted molar refractivity (Wildman–Crippen MR) is 77.7 cm³/mol. The maximum absolute atomic E-state index is 5.93. The Labute approximate surface area is 111 Å². The summed E-state index contributed by atoms with van der Waals surface area (Å²) in [5.74, 6) is 0.584. The third kappa shape index (κ3) is 3.12. The Bertz CT molecular complexity index is 349. The molecule has 2 N–H and O–H groups in total. The summed E-state index contributed by atoms with van der Waals surface area (Å²) in [7, 11) is 0. The van der Waals surface area contributed by atoms with E-state index in [9.17, 15) is 0 Å². The fraction of sp³-hybridized carbons (Fsp3) is 0.625. The molecule has 1 aromatic carbocycles. The zero-order valence-electron chi connectivity index (χ0n) is 11.7. The molecule has 0 radical (unpaired) electrons. The average molecular weight is 246 g/mol. The number of hydrogen-bond acceptors (Lipinski definition) is 2. The molecule has 3 unspecified atom stereocenters. The first-order chi connectivity index (χ1) is 8.72. The van der Waals surface area contributed by atoms with Crippen molar-refractivity contribution in [1.82, 2.24) is 4.90 Å². The summed E-state index contributed by atoms with van der Waals surface area (Å²) >= 11 is 0. The Kier molecular flexibility index (Phi) is 4.79. The van der Waals surface area contributed by atoms with Crippen molar-refractivity contribution >= 4 is 0 Å². The van der Waals surface area contributed by atoms with Crippen LogP contribution in [0.4, 0.5) is 0 Å². The van der Waals surface area contributed by atoms with Gasteiger partial charge in [0.05, 0.1) is 0 Å². The molecule has 1 heterocycles. The van der Waals surface area contributed by atoms with Gasteiger partial charge >= 0.3 is 0 Å². The van der Waals surface area contributed by atoms with Gasteiger partial charge in [-0.15, -0.1) is 0 Å². The van der Waals surface area contributed by atoms with Gasteiger partial charge in [-0.3, -0.25) is 4.90 Å². The zero-order chi connectivity index (χ0) is 13.0. The van der Waals surface area contributed by atoms with Crippen LogP contribution in [-0.4, -0.2) is 30.1 Å². The predicted octanol–water partition coefficient (Wildman–Crippen LogP) is 2.99. The van der Waals surface area contributed by atoms with Crippen molar-refractivity contribution in [3.63, 3.8) is 0 Å². The number of benzene rings is 1. The Morgan fingerprint density at radius 3 is 2.67 bits per heavy atom. The maximum Gasteiger partial charge on any atom is 0.0221 e. The molecule has 0 aromatic heterocycles. The largest absolute Gasteiger partial charge is 0.329 e. The minimum Gasteiger partial charge on any atom is -0.329 e. The Hall–Kier alpha value is -0.860. The first-order valence-corrected chi connectivity index (χ1v) is 7.23. The van der Waals surface area contributed by atoms with Gasteiger partial charge in [0.2, 0.25) is 0 Å². The second-order valence-corrected chi connectivity index (χ2v) is 5.68. The molecule has 0 spiro atoms. The molecule has 2 heteroatoms. The molecule has 100 valence electrons. The van der Waals surface area contributed by atoms with Crippen LogP contribution >= 0.6 is 0 Å². The average Bonchev–Trinajstić information content (AvgIpc) is 2.42. The fourth-order valence-electron chi connectivity index (χ4n) is 3.13. The molecule has 1 aliphatic rings. The maximum atomic E-state index is 5.93. The number of rotatable bonds is 4. The first kappa shape index (κ1) is 13.6. The standard InChI is InChI=1S/C16H26N2/c1-13(15-8-4-3-5-9-15)12-18-14(2)7-6-10-16(18)11-17/h3-5,8-9,13-14,16H,6-7,10-12,17H2,1-2H3. The summed E-state index contributed by atoms with van der Waals surface area (Å²) in [4.78, 5) is 2.63. The van der Waals surface area contributed by atoms with Crippen LogP contribution in [0, 0.1) is 0 Å². The van der Waals surface area contributed by atoms with E-state index >= 15 is 0 Å². The highest BCUT2D eigenvalue weighted by atomic mass is 15.2. The quantitative estimate of drug-likeness (QED) is 0.885. The van der Waals surface area contributed by atoms with Crippen LogP contribution in [0.3, 0.4) is 0 Å². The highest BCUT2D eigenvalue weighted by Crippen LogP contribution is 2.26. The molecule has 0 aliphatic carbocycles. The van der Waals surface area contributed by atoms with Crippen LogP contribution < -0.4 is 5.73 Å². The van der Waals surface area contributed by atoms with Gasteiger partial charge in [-0.2, -0.15) is 0 Å². The molecule has 18 heavy (non-hydrogen) atoms. The molecule has 3 atom stereocenters. The molecule has 2 nitrogen and oxygen atoms in total. The fourth-order valence-corrected chi connectivity index (χ4v) is 3.13. The number of nitrogens with two attached hydrogens (primary N) is 1. The van der Waals surface area contributed by atoms with E-state index in [0.717, 1.165) is 13.1 Å². The van der Waals surface area contributed by atoms with E-state index < -0.39 is 0 Å². The SMILES string of the molecule is CC(CN1C(C)CCCC1CN)c1ccccc1. The van der Waals surface area contributed by atoms with Gasteiger partial charge in [0, 0.05) is 25.2 Å². The molecule has 0 bridgehead atoms. The lowest BCUT2D eigenvalue weighted by Crippen LogP contribution is -2.50. The number of nitrogens with zero attached hydrogens (tertiary/aromatic N) is 1. The number of likely N-dealkylation sites (tertiary alicyclic amines) is 1. The van der Waals surface area contributed by atoms with Crippen molar-refractivity contribution in [3.8, 4) is 0 Å². The molecule has 0 amide bonds. The van der Waals surface area contributed by atoms with Gasteiger partial charge in [-0.25, -0.2) is 0 Å². The van der Waals surface area contributed by atoms with Crippen LogP contribution in [0.25, 0.3) is 0 Å². The Morgan fingerprint density at radius 1 is 1.28 bits per heavy atom. The lowest BCUT2D eigenvalue weighted by Gasteiger charge is -2.41. The van der Waals surface area contributed by atoms with Gasteiger partial charge in [-0.1, -0.05) is 43.7 Å². The highest BCUT2D eigenvalue weighted by molar-refractivity contribution is 5.19. The first-order valence-electron chi connectivity index (χ1n) is 7.23. The summed E-state index contributed by atoms with van der Waals surface area (Å²) in [6, 6.07) is 12.1. The smallest absolute Gasteiger partial charge is 0.0221 e. The molecular formula is C16H26N2. The molecule has 1 aliphatic heterocycles. The van der Waals surface area contributed by atoms with Gasteiger partial charge in [0.15, 0.2) is 0 Å². The van der Waals surface area contributed by atoms with Gasteiger partial charge in [0.1, 0.15) is 0 Å². The lowest BCUT2D eigenvalue weighted by molar-refractivity contribution is 0.0915. The lowest BCUT2D eigenvalue weighted by atomic mass is 9.93. The van der Waals surface area contributed by atoms with Crippen LogP contribution in [0.2, 0.25) is 0 Å². The van der Waals surface area contributed by atoms with E-state index in [4.69, 9.17) is 5.73 Å². The highest BCUT2D eigenvalue weighted by Gasteiger charge is 2.27. The van der Waals surface area contributed by atoms with Crippen molar-refractivity contribution in [2.45, 2.75) is 51.1 Å². The van der Waals surface area contributed by atoms with Crippen molar-refractivity contribution in [3.05, 3.63) is 35.9 Å². The molecule has 1 fully saturated rings. The summed E-state index contributed by atoms with van der Waals surface area (Å²) < 4.78 is 0. The summed E-state index contributed by atoms with van der Waals surface area (Å²) in [6.07, 6.45) is 3.92. The van der Waals surface area contributed by atoms with E-state index in [1.54, 1.807) is 0 Å². The van der Waals surface area contributed by atoms with E-state index in [2.05, 4.69) is 49.1 Å². The van der Waals surface area contributed by atoms with Crippen LogP contribution in [0.1, 0.15) is 44.6 Å². The van der Waals surface area contributed by atoms with Crippen molar-refractivity contribution in [1.29, 1.82) is 0 Å². The van der Waals surface area contributed by atoms with Crippen molar-refractivity contribution < 1.29 is 0 Å². The van der Waals surface area contributed by atoms with Crippen LogP contribution in [0.5, 0.6) is 0 Å². The Morgan fingerprint density at radius 2 is 2.00 bits per heavy atom. The minimum absolute atomic E-state index is 0.583. The van der Waals surface area contributed by atoms with E-state index in [-0.39, 0.29) is 0 Å². The second-order valence-electron chi connectivity index (χ2n) is 5.68. The third-order valence-corrected chi connectivity index (χ3v) is 4.32. The summed E-state index contributed by atoms with van der Waals surface area (Å²) in [6.45, 7) is 6.60. The summed E-state index contributed by atoms with van der Waals surface area (Å²) in [5, 5.41) is 0. The Balaban J connectivity index is 2.02. The molecule has 1 aromatic rings. The minimum atomic E-state index is 0.583. The normalized spacial score (nSPS) is 27.1. The van der Waals surface area contributed by atoms with Crippen LogP contribution in [-0.2, 0) is 0 Å². The van der Waals surface area contributed by atoms with E-state index in [0.29, 0.717) is 18.0 Å². The summed E-state index contributed by atoms with van der Waals surface area (Å²) in [5.41, 5.74) is 7.36. The van der Waals surface area contributed by atoms with Crippen LogP contribution in [0.15, 0.2) is 30.3 Å². The second kappa shape index (κ2) is 6.35. The molecule has 1 saturated heterocycles. The van der Waals surface area contributed by atoms with Gasteiger partial charge in [-0.05, 0) is 31.2 Å². The molecule has 2 rings (SSSR count). The topological polar surface area (TPSA) is 29.3 Å². The van der Waals surface area contributed by atoms with Gasteiger partial charge in [0.25, 0.3) is 0 Å². The molecular weight excluding hydrogens is 220 g/mol. The number of hydrogen-bond donors (Lipinski definition) is 1. The van der Waals surface area contributed by atoms with Crippen molar-refractivity contribution in [2.24, 2.45) is 5.73 Å². The third-order valence-electron chi connectivity index (χ3n) is 4.32. The van der Waals surface area contributed by atoms with Crippen molar-refractivity contribution in [2.75, 3.05) is 13.1 Å². The number of piperidine rings is 1. The van der Waals surface area contributed by atoms with E-state index in [1.165, 1.54) is 24.8 Å². The molecule has 0 saturated carbocycles. The zero-order valence-corrected chi connectivity index (χ0v) is 11.7.